The van der Waals surface area contributed by atoms with Gasteiger partial charge in [0.1, 0.15) is 0 Å². The topological polar surface area (TPSA) is 81.5 Å². The molecule has 0 fully saturated rings. The fourth-order valence-corrected chi connectivity index (χ4v) is 2.38. The van der Waals surface area contributed by atoms with Crippen LogP contribution in [0.5, 0.6) is 0 Å². The summed E-state index contributed by atoms with van der Waals surface area (Å²) in [6, 6.07) is 7.03. The van der Waals surface area contributed by atoms with E-state index in [1.54, 1.807) is 0 Å². The van der Waals surface area contributed by atoms with Crippen molar-refractivity contribution in [1.82, 2.24) is 4.90 Å². The lowest BCUT2D eigenvalue weighted by atomic mass is 10.1. The second-order valence-electron chi connectivity index (χ2n) is 4.76. The maximum absolute atomic E-state index is 11.9. The third-order valence-electron chi connectivity index (χ3n) is 3.55. The molecule has 19 heavy (non-hydrogen) atoms. The predicted octanol–water partition coefficient (Wildman–Crippen LogP) is 0.712. The number of nitrogens with one attached hydrogen (secondary N) is 1. The normalized spacial score (nSPS) is 20.8. The third kappa shape index (κ3) is 2.29. The van der Waals surface area contributed by atoms with Gasteiger partial charge in [-0.05, 0) is 17.5 Å². The second kappa shape index (κ2) is 4.93. The number of hydrogen-bond acceptors (Lipinski definition) is 4. The first kappa shape index (κ1) is 13.4. The number of hydrogen-bond donors (Lipinski definition) is 2. The van der Waals surface area contributed by atoms with Crippen molar-refractivity contribution in [3.63, 3.8) is 0 Å². The first-order chi connectivity index (χ1) is 8.93. The van der Waals surface area contributed by atoms with Crippen LogP contribution in [-0.2, 0) is 16.0 Å². The molecule has 2 rings (SSSR count). The quantitative estimate of drug-likeness (QED) is 0.620. The molecule has 1 amide bonds. The molecule has 1 unspecified atom stereocenters. The van der Waals surface area contributed by atoms with Crippen LogP contribution in [0, 0.1) is 5.41 Å². The van der Waals surface area contributed by atoms with Gasteiger partial charge in [0.05, 0.1) is 12.1 Å². The van der Waals surface area contributed by atoms with Crippen LogP contribution in [0.4, 0.5) is 0 Å². The number of aliphatic hydroxyl groups excluding tert-OH is 1. The van der Waals surface area contributed by atoms with Crippen LogP contribution in [-0.4, -0.2) is 40.5 Å². The molecule has 1 aliphatic rings. The van der Waals surface area contributed by atoms with Gasteiger partial charge in [0, 0.05) is 14.0 Å². The maximum Gasteiger partial charge on any atom is 0.275 e. The predicted molar refractivity (Wildman–Crippen MR) is 70.1 cm³/mol. The molecule has 5 nitrogen and oxygen atoms in total. The van der Waals surface area contributed by atoms with E-state index in [9.17, 15) is 14.7 Å². The zero-order valence-electron chi connectivity index (χ0n) is 10.9. The Morgan fingerprint density at radius 2 is 2.00 bits per heavy atom. The lowest BCUT2D eigenvalue weighted by Crippen LogP contribution is -2.44. The monoisotopic (exact) mass is 260 g/mol. The maximum atomic E-state index is 11.9. The van der Waals surface area contributed by atoms with Crippen LogP contribution < -0.4 is 0 Å². The minimum absolute atomic E-state index is 0.426. The summed E-state index contributed by atoms with van der Waals surface area (Å²) in [6.45, 7) is 1.19. The van der Waals surface area contributed by atoms with E-state index in [1.165, 1.54) is 18.9 Å². The Balaban J connectivity index is 2.19. The van der Waals surface area contributed by atoms with Gasteiger partial charge in [-0.1, -0.05) is 24.3 Å². The van der Waals surface area contributed by atoms with Crippen molar-refractivity contribution in [2.45, 2.75) is 25.5 Å². The van der Waals surface area contributed by atoms with Crippen molar-refractivity contribution >= 4 is 17.4 Å². The van der Waals surface area contributed by atoms with Crippen molar-refractivity contribution in [2.24, 2.45) is 0 Å². The highest BCUT2D eigenvalue weighted by atomic mass is 16.3. The fraction of sp³-hybridized carbons (Fsp3) is 0.357. The van der Waals surface area contributed by atoms with E-state index in [4.69, 9.17) is 5.41 Å². The molecule has 0 saturated heterocycles. The molecule has 1 aromatic carbocycles. The van der Waals surface area contributed by atoms with E-state index in [-0.39, 0.29) is 0 Å². The molecule has 1 aromatic rings. The summed E-state index contributed by atoms with van der Waals surface area (Å²) in [5.74, 6) is -1.22. The van der Waals surface area contributed by atoms with E-state index in [1.807, 2.05) is 24.3 Å². The smallest absolute Gasteiger partial charge is 0.275 e. The number of amides is 1. The molecule has 1 aliphatic carbocycles. The number of rotatable bonds is 3. The van der Waals surface area contributed by atoms with Crippen molar-refractivity contribution < 1.29 is 14.7 Å². The number of aliphatic hydroxyl groups is 1. The zero-order valence-corrected chi connectivity index (χ0v) is 10.9. The number of nitrogens with zero attached hydrogens (tertiary/aromatic N) is 1. The Morgan fingerprint density at radius 3 is 2.58 bits per heavy atom. The van der Waals surface area contributed by atoms with Gasteiger partial charge in [-0.2, -0.15) is 0 Å². The molecule has 0 bridgehead atoms. The lowest BCUT2D eigenvalue weighted by molar-refractivity contribution is -0.127. The molecule has 0 aromatic heterocycles. The Hall–Kier alpha value is -2.01. The van der Waals surface area contributed by atoms with Gasteiger partial charge >= 0.3 is 0 Å². The van der Waals surface area contributed by atoms with Crippen LogP contribution in [0.15, 0.2) is 24.3 Å². The number of carbonyl (C=O) groups excluding carboxylic acids is 2. The Bertz CT molecular complexity index is 553. The molecule has 0 heterocycles. The summed E-state index contributed by atoms with van der Waals surface area (Å²) in [5.41, 5.74) is 1.25. The van der Waals surface area contributed by atoms with Crippen molar-refractivity contribution in [3.05, 3.63) is 35.4 Å². The average molecular weight is 260 g/mol. The molecule has 100 valence electrons. The molecule has 0 saturated carbocycles. The number of likely N-dealkylation sites (N-methyl/N-ethyl adjacent to an activating group) is 1. The minimum atomic E-state index is -0.773. The summed E-state index contributed by atoms with van der Waals surface area (Å²) in [7, 11) is 1.51. The fourth-order valence-electron chi connectivity index (χ4n) is 2.38. The van der Waals surface area contributed by atoms with Gasteiger partial charge in [0.2, 0.25) is 0 Å². The number of ketones is 1. The standard InChI is InChI=1S/C14H16N2O3/c1-8(17)12(15)14(19)16(2)11-7-9-5-3-4-6-10(9)13(11)18/h3-6,11,13,15,18H,7H2,1-2H3/t11?,13-/m0/s1. The number of benzene rings is 1. The molecule has 5 heteroatoms. The van der Waals surface area contributed by atoms with Gasteiger partial charge in [-0.25, -0.2) is 0 Å². The summed E-state index contributed by atoms with van der Waals surface area (Å²) in [6.07, 6.45) is -0.241. The highest BCUT2D eigenvalue weighted by Crippen LogP contribution is 2.33. The van der Waals surface area contributed by atoms with Crippen LogP contribution in [0.3, 0.4) is 0 Å². The number of carbonyl (C=O) groups is 2. The number of fused-ring (bicyclic) bond motifs is 1. The second-order valence-corrected chi connectivity index (χ2v) is 4.76. The van der Waals surface area contributed by atoms with E-state index in [0.717, 1.165) is 11.1 Å². The van der Waals surface area contributed by atoms with Crippen LogP contribution in [0.2, 0.25) is 0 Å². The lowest BCUT2D eigenvalue weighted by Gasteiger charge is -2.27. The molecule has 0 radical (unpaired) electrons. The minimum Gasteiger partial charge on any atom is -0.386 e. The summed E-state index contributed by atoms with van der Waals surface area (Å²) in [4.78, 5) is 24.3. The number of Topliss-reactive ketones (excluding diaryl/α,β-unsaturated/α-hetero) is 1. The average Bonchev–Trinajstić information content (AvgIpc) is 2.74. The molecule has 2 atom stereocenters. The van der Waals surface area contributed by atoms with Crippen LogP contribution in [0.1, 0.15) is 24.2 Å². The Kier molecular flexibility index (Phi) is 3.48. The van der Waals surface area contributed by atoms with Gasteiger partial charge in [0.25, 0.3) is 5.91 Å². The molecule has 0 spiro atoms. The first-order valence-electron chi connectivity index (χ1n) is 6.06. The van der Waals surface area contributed by atoms with E-state index >= 15 is 0 Å². The van der Waals surface area contributed by atoms with Crippen molar-refractivity contribution in [2.75, 3.05) is 7.05 Å². The molecule has 0 aliphatic heterocycles. The largest absolute Gasteiger partial charge is 0.386 e. The highest BCUT2D eigenvalue weighted by Gasteiger charge is 2.36. The summed E-state index contributed by atoms with van der Waals surface area (Å²) < 4.78 is 0. The molecule has 2 N–H and O–H groups in total. The molecular weight excluding hydrogens is 244 g/mol. The van der Waals surface area contributed by atoms with Gasteiger partial charge in [0.15, 0.2) is 11.5 Å². The van der Waals surface area contributed by atoms with E-state index in [2.05, 4.69) is 0 Å². The summed E-state index contributed by atoms with van der Waals surface area (Å²) >= 11 is 0. The third-order valence-corrected chi connectivity index (χ3v) is 3.55. The van der Waals surface area contributed by atoms with Crippen LogP contribution in [0.25, 0.3) is 0 Å². The Labute approximate surface area is 111 Å². The van der Waals surface area contributed by atoms with Crippen molar-refractivity contribution in [1.29, 1.82) is 5.41 Å². The van der Waals surface area contributed by atoms with Gasteiger partial charge in [-0.3, -0.25) is 15.0 Å². The van der Waals surface area contributed by atoms with E-state index in [0.29, 0.717) is 6.42 Å². The zero-order chi connectivity index (χ0) is 14.2. The van der Waals surface area contributed by atoms with Gasteiger partial charge in [-0.15, -0.1) is 0 Å². The van der Waals surface area contributed by atoms with Gasteiger partial charge < -0.3 is 10.0 Å². The summed E-state index contributed by atoms with van der Waals surface area (Å²) in [5, 5.41) is 17.7. The first-order valence-corrected chi connectivity index (χ1v) is 6.06. The molecular formula is C14H16N2O3. The SMILES string of the molecule is CC(=O)C(=N)C(=O)N(C)C1Cc2ccccc2[C@@H]1O. The van der Waals surface area contributed by atoms with Crippen LogP contribution >= 0.6 is 0 Å². The van der Waals surface area contributed by atoms with E-state index < -0.39 is 29.5 Å². The van der Waals surface area contributed by atoms with Crippen molar-refractivity contribution in [3.8, 4) is 0 Å². The Morgan fingerprint density at radius 1 is 1.37 bits per heavy atom. The highest BCUT2D eigenvalue weighted by molar-refractivity contribution is 6.64.